The number of hydrogen-bond acceptors (Lipinski definition) is 4. The van der Waals surface area contributed by atoms with Gasteiger partial charge in [-0.3, -0.25) is 10.1 Å². The maximum atomic E-state index is 14.5. The molecule has 128 valence electrons. The Morgan fingerprint density at radius 2 is 2.00 bits per heavy atom. The van der Waals surface area contributed by atoms with Crippen LogP contribution in [0.5, 0.6) is 0 Å². The number of likely N-dealkylation sites (N-methyl/N-ethyl adjacent to an activating group) is 1. The molecule has 1 aliphatic heterocycles. The summed E-state index contributed by atoms with van der Waals surface area (Å²) in [7, 11) is 2.08. The smallest absolute Gasteiger partial charge is 0.234 e. The summed E-state index contributed by atoms with van der Waals surface area (Å²) < 4.78 is 14.5. The van der Waals surface area contributed by atoms with Crippen molar-refractivity contribution in [2.45, 2.75) is 32.4 Å². The van der Waals surface area contributed by atoms with Gasteiger partial charge in [0, 0.05) is 32.2 Å². The largest absolute Gasteiger partial charge is 0.368 e. The number of nitrogens with one attached hydrogen (secondary N) is 1. The molecule has 0 spiro atoms. The summed E-state index contributed by atoms with van der Waals surface area (Å²) in [5, 5.41) is 3.15. The summed E-state index contributed by atoms with van der Waals surface area (Å²) in [6.07, 6.45) is 0.613. The zero-order chi connectivity index (χ0) is 17.0. The molecule has 2 atom stereocenters. The van der Waals surface area contributed by atoms with Crippen LogP contribution in [0.15, 0.2) is 18.2 Å². The number of hydrogen-bond donors (Lipinski definition) is 2. The molecule has 1 aromatic carbocycles. The Labute approximate surface area is 137 Å². The first-order valence-electron chi connectivity index (χ1n) is 8.20. The van der Waals surface area contributed by atoms with E-state index in [9.17, 15) is 9.18 Å². The number of halogens is 1. The Bertz CT molecular complexity index is 543. The van der Waals surface area contributed by atoms with Crippen molar-refractivity contribution < 1.29 is 9.18 Å². The number of anilines is 1. The Kier molecular flexibility index (Phi) is 5.96. The predicted octanol–water partition coefficient (Wildman–Crippen LogP) is 1.49. The monoisotopic (exact) mass is 322 g/mol. The number of carbonyl (C=O) groups excluding carboxylic acids is 1. The van der Waals surface area contributed by atoms with Crippen LogP contribution in [-0.4, -0.2) is 50.1 Å². The molecule has 6 heteroatoms. The van der Waals surface area contributed by atoms with E-state index in [-0.39, 0.29) is 17.8 Å². The van der Waals surface area contributed by atoms with E-state index in [1.807, 2.05) is 26.0 Å². The molecule has 1 heterocycles. The van der Waals surface area contributed by atoms with Crippen LogP contribution >= 0.6 is 0 Å². The van der Waals surface area contributed by atoms with Crippen LogP contribution in [0.3, 0.4) is 0 Å². The molecule has 0 radical (unpaired) electrons. The van der Waals surface area contributed by atoms with Crippen LogP contribution < -0.4 is 16.0 Å². The third kappa shape index (κ3) is 4.42. The number of primary amides is 1. The van der Waals surface area contributed by atoms with Crippen LogP contribution in [0.2, 0.25) is 0 Å². The summed E-state index contributed by atoms with van der Waals surface area (Å²) >= 11 is 0. The van der Waals surface area contributed by atoms with Crippen molar-refractivity contribution in [3.05, 3.63) is 29.6 Å². The fraction of sp³-hybridized carbons (Fsp3) is 0.588. The van der Waals surface area contributed by atoms with Gasteiger partial charge in [0.05, 0.1) is 11.7 Å². The summed E-state index contributed by atoms with van der Waals surface area (Å²) in [6, 6.07) is 4.77. The first kappa shape index (κ1) is 17.7. The van der Waals surface area contributed by atoms with Crippen LogP contribution in [0, 0.1) is 5.82 Å². The number of rotatable bonds is 6. The standard InChI is InChI=1S/C17H27FN4O/c1-4-15(17(19)23)20-12(2)13-5-6-16(14(18)11-13)22-9-7-21(3)8-10-22/h5-6,11-12,15,20H,4,7-10H2,1-3H3,(H2,19,23)/t12-,15+/m0/s1. The fourth-order valence-electron chi connectivity index (χ4n) is 2.90. The number of nitrogens with two attached hydrogens (primary N) is 1. The van der Waals surface area contributed by atoms with Crippen molar-refractivity contribution in [1.29, 1.82) is 0 Å². The summed E-state index contributed by atoms with van der Waals surface area (Å²) in [5.41, 5.74) is 6.82. The zero-order valence-electron chi connectivity index (χ0n) is 14.2. The van der Waals surface area contributed by atoms with Gasteiger partial charge < -0.3 is 15.5 Å². The Morgan fingerprint density at radius 1 is 1.35 bits per heavy atom. The highest BCUT2D eigenvalue weighted by atomic mass is 19.1. The van der Waals surface area contributed by atoms with E-state index in [2.05, 4.69) is 22.2 Å². The molecule has 5 nitrogen and oxygen atoms in total. The van der Waals surface area contributed by atoms with Crippen molar-refractivity contribution in [1.82, 2.24) is 10.2 Å². The second kappa shape index (κ2) is 7.75. The summed E-state index contributed by atoms with van der Waals surface area (Å²) in [4.78, 5) is 15.6. The van der Waals surface area contributed by atoms with Gasteiger partial charge in [0.2, 0.25) is 5.91 Å². The van der Waals surface area contributed by atoms with Gasteiger partial charge in [-0.05, 0) is 38.1 Å². The van der Waals surface area contributed by atoms with Gasteiger partial charge in [0.15, 0.2) is 0 Å². The molecule has 1 aromatic rings. The highest BCUT2D eigenvalue weighted by molar-refractivity contribution is 5.79. The molecule has 0 saturated carbocycles. The fourth-order valence-corrected chi connectivity index (χ4v) is 2.90. The van der Waals surface area contributed by atoms with E-state index < -0.39 is 6.04 Å². The average Bonchev–Trinajstić information content (AvgIpc) is 2.53. The molecule has 23 heavy (non-hydrogen) atoms. The van der Waals surface area contributed by atoms with Gasteiger partial charge >= 0.3 is 0 Å². The number of benzene rings is 1. The summed E-state index contributed by atoms with van der Waals surface area (Å²) in [6.45, 7) is 7.36. The maximum Gasteiger partial charge on any atom is 0.234 e. The second-order valence-electron chi connectivity index (χ2n) is 6.25. The molecule has 0 unspecified atom stereocenters. The number of piperazine rings is 1. The molecule has 2 rings (SSSR count). The number of amides is 1. The Hall–Kier alpha value is -1.66. The molecule has 1 saturated heterocycles. The SMILES string of the molecule is CC[C@@H](N[C@@H](C)c1ccc(N2CCN(C)CC2)c(F)c1)C(N)=O. The normalized spacial score (nSPS) is 18.7. The number of carbonyl (C=O) groups is 1. The Morgan fingerprint density at radius 3 is 2.52 bits per heavy atom. The molecule has 1 aliphatic rings. The van der Waals surface area contributed by atoms with Gasteiger partial charge in [-0.25, -0.2) is 4.39 Å². The van der Waals surface area contributed by atoms with Gasteiger partial charge in [-0.1, -0.05) is 13.0 Å². The Balaban J connectivity index is 2.07. The van der Waals surface area contributed by atoms with E-state index in [1.54, 1.807) is 6.07 Å². The number of nitrogens with zero attached hydrogens (tertiary/aromatic N) is 2. The van der Waals surface area contributed by atoms with Crippen molar-refractivity contribution >= 4 is 11.6 Å². The highest BCUT2D eigenvalue weighted by Gasteiger charge is 2.20. The zero-order valence-corrected chi connectivity index (χ0v) is 14.2. The third-order valence-corrected chi connectivity index (χ3v) is 4.52. The maximum absolute atomic E-state index is 14.5. The minimum absolute atomic E-state index is 0.136. The van der Waals surface area contributed by atoms with E-state index in [0.717, 1.165) is 31.7 Å². The minimum atomic E-state index is -0.398. The van der Waals surface area contributed by atoms with Gasteiger partial charge in [0.1, 0.15) is 5.82 Å². The van der Waals surface area contributed by atoms with Crippen molar-refractivity contribution in [3.8, 4) is 0 Å². The van der Waals surface area contributed by atoms with Gasteiger partial charge in [-0.15, -0.1) is 0 Å². The van der Waals surface area contributed by atoms with Crippen LogP contribution in [0.1, 0.15) is 31.9 Å². The lowest BCUT2D eigenvalue weighted by atomic mass is 10.0. The van der Waals surface area contributed by atoms with Crippen LogP contribution in [0.25, 0.3) is 0 Å². The predicted molar refractivity (Wildman–Crippen MR) is 90.9 cm³/mol. The first-order chi connectivity index (χ1) is 10.9. The lowest BCUT2D eigenvalue weighted by Gasteiger charge is -2.34. The molecule has 1 fully saturated rings. The topological polar surface area (TPSA) is 61.6 Å². The lowest BCUT2D eigenvalue weighted by Crippen LogP contribution is -2.44. The summed E-state index contributed by atoms with van der Waals surface area (Å²) in [5.74, 6) is -0.596. The van der Waals surface area contributed by atoms with Crippen LogP contribution in [-0.2, 0) is 4.79 Å². The lowest BCUT2D eigenvalue weighted by molar-refractivity contribution is -0.120. The van der Waals surface area contributed by atoms with Crippen molar-refractivity contribution in [3.63, 3.8) is 0 Å². The van der Waals surface area contributed by atoms with Gasteiger partial charge in [0.25, 0.3) is 0 Å². The van der Waals surface area contributed by atoms with E-state index in [0.29, 0.717) is 12.1 Å². The van der Waals surface area contributed by atoms with Crippen LogP contribution in [0.4, 0.5) is 10.1 Å². The van der Waals surface area contributed by atoms with E-state index in [4.69, 9.17) is 5.73 Å². The molecule has 0 aromatic heterocycles. The quantitative estimate of drug-likeness (QED) is 0.833. The molecular formula is C17H27FN4O. The van der Waals surface area contributed by atoms with Crippen molar-refractivity contribution in [2.75, 3.05) is 38.1 Å². The van der Waals surface area contributed by atoms with Gasteiger partial charge in [-0.2, -0.15) is 0 Å². The first-order valence-corrected chi connectivity index (χ1v) is 8.20. The second-order valence-corrected chi connectivity index (χ2v) is 6.25. The molecule has 3 N–H and O–H groups in total. The highest BCUT2D eigenvalue weighted by Crippen LogP contribution is 2.24. The van der Waals surface area contributed by atoms with E-state index >= 15 is 0 Å². The average molecular weight is 322 g/mol. The van der Waals surface area contributed by atoms with Crippen molar-refractivity contribution in [2.24, 2.45) is 5.73 Å². The molecule has 1 amide bonds. The third-order valence-electron chi connectivity index (χ3n) is 4.52. The minimum Gasteiger partial charge on any atom is -0.368 e. The molecule has 0 aliphatic carbocycles. The molecule has 0 bridgehead atoms. The molecular weight excluding hydrogens is 295 g/mol. The van der Waals surface area contributed by atoms with E-state index in [1.165, 1.54) is 0 Å².